The van der Waals surface area contributed by atoms with E-state index in [1.807, 2.05) is 13.1 Å². The predicted molar refractivity (Wildman–Crippen MR) is 50.6 cm³/mol. The van der Waals surface area contributed by atoms with Crippen molar-refractivity contribution in [2.45, 2.75) is 6.92 Å². The number of hydrogen-bond acceptors (Lipinski definition) is 3. The number of allylic oxidation sites excluding steroid dienone is 2. The van der Waals surface area contributed by atoms with Crippen molar-refractivity contribution in [3.63, 3.8) is 0 Å². The smallest absolute Gasteiger partial charge is 0.0642 e. The first-order valence-electron chi connectivity index (χ1n) is 4.29. The Morgan fingerprint density at radius 2 is 2.08 bits per heavy atom. The highest BCUT2D eigenvalue weighted by Crippen LogP contribution is 2.05. The van der Waals surface area contributed by atoms with E-state index in [9.17, 15) is 0 Å². The second-order valence-corrected chi connectivity index (χ2v) is 2.70. The molecular weight excluding hydrogens is 152 g/mol. The van der Waals surface area contributed by atoms with Crippen LogP contribution in [0.25, 0.3) is 0 Å². The molecule has 1 fully saturated rings. The molecule has 1 aliphatic heterocycles. The van der Waals surface area contributed by atoms with Crippen molar-refractivity contribution in [3.05, 3.63) is 11.8 Å². The van der Waals surface area contributed by atoms with Gasteiger partial charge in [0.25, 0.3) is 0 Å². The quantitative estimate of drug-likeness (QED) is 0.573. The molecule has 0 atom stereocenters. The fourth-order valence-corrected chi connectivity index (χ4v) is 1.29. The van der Waals surface area contributed by atoms with Gasteiger partial charge in [-0.2, -0.15) is 0 Å². The summed E-state index contributed by atoms with van der Waals surface area (Å²) in [6.45, 7) is 5.65. The Morgan fingerprint density at radius 1 is 1.42 bits per heavy atom. The molecule has 0 aromatic heterocycles. The highest BCUT2D eigenvalue weighted by molar-refractivity contribution is 5.77. The minimum Gasteiger partial charge on any atom is -0.378 e. The monoisotopic (exact) mass is 168 g/mol. The van der Waals surface area contributed by atoms with Gasteiger partial charge in [0.2, 0.25) is 0 Å². The van der Waals surface area contributed by atoms with Crippen LogP contribution in [-0.4, -0.2) is 44.5 Å². The van der Waals surface area contributed by atoms with E-state index in [0.717, 1.165) is 26.3 Å². The third-order valence-electron chi connectivity index (χ3n) is 1.93. The lowest BCUT2D eigenvalue weighted by molar-refractivity contribution is 0.0566. The molecule has 0 saturated carbocycles. The van der Waals surface area contributed by atoms with Crippen molar-refractivity contribution < 1.29 is 4.74 Å². The predicted octanol–water partition coefficient (Wildman–Crippen LogP) is 0.923. The van der Waals surface area contributed by atoms with Crippen molar-refractivity contribution in [3.8, 4) is 0 Å². The van der Waals surface area contributed by atoms with E-state index < -0.39 is 0 Å². The standard InChI is InChI=1S/C9H16N2O/c1-3-9(8-10-2)11-4-6-12-7-5-11/h3,8H,4-7H2,1-2H3/b9-3-,10-8?. The second-order valence-electron chi connectivity index (χ2n) is 2.70. The van der Waals surface area contributed by atoms with Gasteiger partial charge in [0.15, 0.2) is 0 Å². The SMILES string of the molecule is C/C=C(/C=NC)N1CCOCC1. The number of aliphatic imine (C=N–C) groups is 1. The van der Waals surface area contributed by atoms with Gasteiger partial charge < -0.3 is 9.64 Å². The summed E-state index contributed by atoms with van der Waals surface area (Å²) in [5, 5.41) is 0. The van der Waals surface area contributed by atoms with E-state index in [4.69, 9.17) is 4.74 Å². The summed E-state index contributed by atoms with van der Waals surface area (Å²) in [5.74, 6) is 0. The van der Waals surface area contributed by atoms with Crippen LogP contribution in [-0.2, 0) is 4.74 Å². The fourth-order valence-electron chi connectivity index (χ4n) is 1.29. The molecule has 68 valence electrons. The zero-order valence-electron chi connectivity index (χ0n) is 7.79. The normalized spacial score (nSPS) is 20.5. The molecule has 0 amide bonds. The average Bonchev–Trinajstić information content (AvgIpc) is 2.15. The lowest BCUT2D eigenvalue weighted by atomic mass is 10.3. The van der Waals surface area contributed by atoms with Crippen LogP contribution in [0.4, 0.5) is 0 Å². The first-order chi connectivity index (χ1) is 5.88. The third-order valence-corrected chi connectivity index (χ3v) is 1.93. The first-order valence-corrected chi connectivity index (χ1v) is 4.29. The minimum atomic E-state index is 0.828. The van der Waals surface area contributed by atoms with Crippen molar-refractivity contribution in [1.82, 2.24) is 4.90 Å². The molecule has 1 heterocycles. The maximum absolute atomic E-state index is 5.26. The second kappa shape index (κ2) is 4.93. The average molecular weight is 168 g/mol. The van der Waals surface area contributed by atoms with E-state index in [2.05, 4.69) is 16.0 Å². The molecule has 0 aliphatic carbocycles. The largest absolute Gasteiger partial charge is 0.378 e. The zero-order chi connectivity index (χ0) is 8.81. The molecule has 3 heteroatoms. The van der Waals surface area contributed by atoms with Gasteiger partial charge in [-0.05, 0) is 6.92 Å². The van der Waals surface area contributed by atoms with E-state index in [1.54, 1.807) is 7.05 Å². The van der Waals surface area contributed by atoms with Crippen molar-refractivity contribution in [2.24, 2.45) is 4.99 Å². The van der Waals surface area contributed by atoms with Crippen LogP contribution in [0, 0.1) is 0 Å². The molecule has 0 spiro atoms. The van der Waals surface area contributed by atoms with Gasteiger partial charge in [0.05, 0.1) is 18.9 Å². The van der Waals surface area contributed by atoms with E-state index in [0.29, 0.717) is 0 Å². The lowest BCUT2D eigenvalue weighted by Gasteiger charge is -2.29. The Bertz CT molecular complexity index is 181. The Balaban J connectivity index is 2.52. The number of ether oxygens (including phenoxy) is 1. The van der Waals surface area contributed by atoms with Crippen LogP contribution in [0.2, 0.25) is 0 Å². The number of rotatable bonds is 2. The molecule has 0 aromatic rings. The summed E-state index contributed by atoms with van der Waals surface area (Å²) >= 11 is 0. The lowest BCUT2D eigenvalue weighted by Crippen LogP contribution is -2.35. The number of morpholine rings is 1. The molecule has 1 saturated heterocycles. The Hall–Kier alpha value is -0.830. The fraction of sp³-hybridized carbons (Fsp3) is 0.667. The maximum Gasteiger partial charge on any atom is 0.0642 e. The van der Waals surface area contributed by atoms with Crippen molar-refractivity contribution >= 4 is 6.21 Å². The van der Waals surface area contributed by atoms with Crippen molar-refractivity contribution in [2.75, 3.05) is 33.4 Å². The first kappa shape index (κ1) is 9.26. The summed E-state index contributed by atoms with van der Waals surface area (Å²) in [7, 11) is 1.80. The van der Waals surface area contributed by atoms with Crippen LogP contribution >= 0.6 is 0 Å². The van der Waals surface area contributed by atoms with Crippen LogP contribution in [0.1, 0.15) is 6.92 Å². The van der Waals surface area contributed by atoms with Gasteiger partial charge in [0, 0.05) is 26.4 Å². The molecular formula is C9H16N2O. The summed E-state index contributed by atoms with van der Waals surface area (Å²) in [4.78, 5) is 6.29. The zero-order valence-corrected chi connectivity index (χ0v) is 7.79. The van der Waals surface area contributed by atoms with Gasteiger partial charge in [-0.3, -0.25) is 4.99 Å². The highest BCUT2D eigenvalue weighted by Gasteiger charge is 2.10. The van der Waals surface area contributed by atoms with E-state index in [-0.39, 0.29) is 0 Å². The molecule has 12 heavy (non-hydrogen) atoms. The summed E-state index contributed by atoms with van der Waals surface area (Å²) in [6, 6.07) is 0. The van der Waals surface area contributed by atoms with Crippen LogP contribution in [0.3, 0.4) is 0 Å². The van der Waals surface area contributed by atoms with Gasteiger partial charge in [0.1, 0.15) is 0 Å². The maximum atomic E-state index is 5.26. The molecule has 3 nitrogen and oxygen atoms in total. The van der Waals surface area contributed by atoms with Crippen molar-refractivity contribution in [1.29, 1.82) is 0 Å². The summed E-state index contributed by atoms with van der Waals surface area (Å²) in [5.41, 5.74) is 1.20. The summed E-state index contributed by atoms with van der Waals surface area (Å²) < 4.78 is 5.26. The minimum absolute atomic E-state index is 0.828. The van der Waals surface area contributed by atoms with Crippen LogP contribution in [0.5, 0.6) is 0 Å². The highest BCUT2D eigenvalue weighted by atomic mass is 16.5. The molecule has 0 aromatic carbocycles. The Morgan fingerprint density at radius 3 is 2.58 bits per heavy atom. The van der Waals surface area contributed by atoms with Gasteiger partial charge in [-0.15, -0.1) is 0 Å². The van der Waals surface area contributed by atoms with Crippen LogP contribution in [0.15, 0.2) is 16.8 Å². The molecule has 1 rings (SSSR count). The third kappa shape index (κ3) is 2.34. The molecule has 0 N–H and O–H groups in total. The summed E-state index contributed by atoms with van der Waals surface area (Å²) in [6.07, 6.45) is 3.98. The van der Waals surface area contributed by atoms with Gasteiger partial charge >= 0.3 is 0 Å². The van der Waals surface area contributed by atoms with Crippen LogP contribution < -0.4 is 0 Å². The molecule has 0 unspecified atom stereocenters. The van der Waals surface area contributed by atoms with Gasteiger partial charge in [-0.1, -0.05) is 6.08 Å². The number of hydrogen-bond donors (Lipinski definition) is 0. The molecule has 1 aliphatic rings. The van der Waals surface area contributed by atoms with E-state index in [1.165, 1.54) is 5.70 Å². The molecule has 0 radical (unpaired) electrons. The Kier molecular flexibility index (Phi) is 3.80. The number of nitrogens with zero attached hydrogens (tertiary/aromatic N) is 2. The molecule has 0 bridgehead atoms. The Labute approximate surface area is 73.7 Å². The topological polar surface area (TPSA) is 24.8 Å². The van der Waals surface area contributed by atoms with E-state index >= 15 is 0 Å². The van der Waals surface area contributed by atoms with Gasteiger partial charge in [-0.25, -0.2) is 0 Å².